The van der Waals surface area contributed by atoms with Crippen LogP contribution in [0.5, 0.6) is 5.75 Å². The molecule has 0 spiro atoms. The number of aryl methyl sites for hydroxylation is 1. The summed E-state index contributed by atoms with van der Waals surface area (Å²) in [5.74, 6) is 1.70. The third-order valence-corrected chi connectivity index (χ3v) is 5.70. The molecule has 0 bridgehead atoms. The molecule has 8 heteroatoms. The predicted molar refractivity (Wildman–Crippen MR) is 115 cm³/mol. The lowest BCUT2D eigenvalue weighted by Gasteiger charge is -2.13. The van der Waals surface area contributed by atoms with Crippen LogP contribution in [0.15, 0.2) is 47.6 Å². The van der Waals surface area contributed by atoms with Gasteiger partial charge in [0.15, 0.2) is 11.0 Å². The van der Waals surface area contributed by atoms with Gasteiger partial charge >= 0.3 is 0 Å². The number of aliphatic hydroxyl groups excluding tert-OH is 1. The Morgan fingerprint density at radius 1 is 1.18 bits per heavy atom. The standard InChI is InChI=1S/C20H21Cl2N3O2S/c1-3-25-19(14-6-4-5-13(2)9-14)23-24-20(25)28-12-16(26)11-27-18-10-15(21)7-8-17(18)22/h4-10,16,26H,3,11-12H2,1-2H3. The number of aromatic nitrogens is 3. The molecule has 0 aliphatic carbocycles. The van der Waals surface area contributed by atoms with E-state index >= 15 is 0 Å². The molecule has 148 valence electrons. The maximum absolute atomic E-state index is 10.3. The summed E-state index contributed by atoms with van der Waals surface area (Å²) < 4.78 is 7.63. The molecule has 0 saturated heterocycles. The average molecular weight is 438 g/mol. The van der Waals surface area contributed by atoms with E-state index in [1.165, 1.54) is 17.3 Å². The van der Waals surface area contributed by atoms with Crippen molar-refractivity contribution in [2.45, 2.75) is 31.7 Å². The molecule has 3 aromatic rings. The van der Waals surface area contributed by atoms with Gasteiger partial charge in [0.05, 0.1) is 11.1 Å². The first-order valence-electron chi connectivity index (χ1n) is 8.87. The number of aliphatic hydroxyl groups is 1. The highest BCUT2D eigenvalue weighted by molar-refractivity contribution is 7.99. The minimum Gasteiger partial charge on any atom is -0.489 e. The summed E-state index contributed by atoms with van der Waals surface area (Å²) in [4.78, 5) is 0. The molecule has 0 fully saturated rings. The van der Waals surface area contributed by atoms with Crippen LogP contribution in [0.1, 0.15) is 12.5 Å². The molecule has 0 amide bonds. The molecule has 0 radical (unpaired) electrons. The summed E-state index contributed by atoms with van der Waals surface area (Å²) in [5.41, 5.74) is 2.20. The van der Waals surface area contributed by atoms with Crippen LogP contribution in [0.4, 0.5) is 0 Å². The van der Waals surface area contributed by atoms with Gasteiger partial charge in [0, 0.05) is 29.0 Å². The highest BCUT2D eigenvalue weighted by Crippen LogP contribution is 2.28. The van der Waals surface area contributed by atoms with Gasteiger partial charge in [-0.05, 0) is 32.0 Å². The summed E-state index contributed by atoms with van der Waals surface area (Å²) in [6.45, 7) is 4.95. The van der Waals surface area contributed by atoms with E-state index in [1.807, 2.05) is 36.6 Å². The fourth-order valence-electron chi connectivity index (χ4n) is 2.67. The minimum absolute atomic E-state index is 0.109. The molecule has 0 aliphatic heterocycles. The Hall–Kier alpha value is -1.73. The van der Waals surface area contributed by atoms with Crippen LogP contribution in [-0.4, -0.2) is 38.3 Å². The quantitative estimate of drug-likeness (QED) is 0.495. The molecule has 0 saturated carbocycles. The predicted octanol–water partition coefficient (Wildman–Crippen LogP) is 5.11. The van der Waals surface area contributed by atoms with Gasteiger partial charge in [-0.3, -0.25) is 0 Å². The first kappa shape index (κ1) is 21.0. The Morgan fingerprint density at radius 2 is 2.00 bits per heavy atom. The second kappa shape index (κ2) is 9.65. The topological polar surface area (TPSA) is 60.2 Å². The molecule has 2 aromatic carbocycles. The number of hydrogen-bond donors (Lipinski definition) is 1. The molecule has 1 unspecified atom stereocenters. The van der Waals surface area contributed by atoms with Gasteiger partial charge in [-0.2, -0.15) is 0 Å². The van der Waals surface area contributed by atoms with E-state index in [2.05, 4.69) is 16.3 Å². The van der Waals surface area contributed by atoms with Gasteiger partial charge < -0.3 is 14.4 Å². The largest absolute Gasteiger partial charge is 0.489 e. The molecular formula is C20H21Cl2N3O2S. The Kier molecular flexibility index (Phi) is 7.24. The second-order valence-corrected chi connectivity index (χ2v) is 8.10. The molecule has 5 nitrogen and oxygen atoms in total. The Bertz CT molecular complexity index is 949. The average Bonchev–Trinajstić information content (AvgIpc) is 3.10. The second-order valence-electron chi connectivity index (χ2n) is 6.27. The maximum atomic E-state index is 10.3. The van der Waals surface area contributed by atoms with Crippen molar-refractivity contribution in [2.24, 2.45) is 0 Å². The fourth-order valence-corrected chi connectivity index (χ4v) is 3.91. The summed E-state index contributed by atoms with van der Waals surface area (Å²) in [7, 11) is 0. The SMILES string of the molecule is CCn1c(SCC(O)COc2cc(Cl)ccc2Cl)nnc1-c1cccc(C)c1. The number of nitrogens with zero attached hydrogens (tertiary/aromatic N) is 3. The van der Waals surface area contributed by atoms with E-state index in [1.54, 1.807) is 18.2 Å². The third-order valence-electron chi connectivity index (χ3n) is 4.04. The van der Waals surface area contributed by atoms with Crippen molar-refractivity contribution in [1.82, 2.24) is 14.8 Å². The first-order valence-corrected chi connectivity index (χ1v) is 10.6. The van der Waals surface area contributed by atoms with Crippen molar-refractivity contribution in [2.75, 3.05) is 12.4 Å². The van der Waals surface area contributed by atoms with Crippen molar-refractivity contribution in [3.8, 4) is 17.1 Å². The molecule has 1 atom stereocenters. The van der Waals surface area contributed by atoms with Gasteiger partial charge in [-0.15, -0.1) is 10.2 Å². The van der Waals surface area contributed by atoms with Crippen molar-refractivity contribution < 1.29 is 9.84 Å². The summed E-state index contributed by atoms with van der Waals surface area (Å²) >= 11 is 13.5. The van der Waals surface area contributed by atoms with E-state index in [0.717, 1.165) is 23.1 Å². The molecule has 1 aromatic heterocycles. The lowest BCUT2D eigenvalue weighted by molar-refractivity contribution is 0.126. The Morgan fingerprint density at radius 3 is 2.75 bits per heavy atom. The van der Waals surface area contributed by atoms with E-state index in [-0.39, 0.29) is 6.61 Å². The van der Waals surface area contributed by atoms with Crippen molar-refractivity contribution in [3.05, 3.63) is 58.1 Å². The lowest BCUT2D eigenvalue weighted by Crippen LogP contribution is -2.20. The number of ether oxygens (including phenoxy) is 1. The van der Waals surface area contributed by atoms with Crippen LogP contribution in [0.2, 0.25) is 10.0 Å². The third kappa shape index (κ3) is 5.20. The molecular weight excluding hydrogens is 417 g/mol. The summed E-state index contributed by atoms with van der Waals surface area (Å²) in [6.07, 6.45) is -0.690. The fraction of sp³-hybridized carbons (Fsp3) is 0.300. The van der Waals surface area contributed by atoms with E-state index in [0.29, 0.717) is 21.5 Å². The van der Waals surface area contributed by atoms with Gasteiger partial charge in [0.25, 0.3) is 0 Å². The van der Waals surface area contributed by atoms with Crippen LogP contribution < -0.4 is 4.74 Å². The molecule has 1 heterocycles. The van der Waals surface area contributed by atoms with Gasteiger partial charge in [0.2, 0.25) is 0 Å². The summed E-state index contributed by atoms with van der Waals surface area (Å²) in [6, 6.07) is 13.1. The first-order chi connectivity index (χ1) is 13.5. The highest BCUT2D eigenvalue weighted by Gasteiger charge is 2.16. The van der Waals surface area contributed by atoms with Gasteiger partial charge in [-0.1, -0.05) is 58.7 Å². The number of thioether (sulfide) groups is 1. The number of rotatable bonds is 8. The zero-order valence-electron chi connectivity index (χ0n) is 15.6. The van der Waals surface area contributed by atoms with Crippen LogP contribution in [0.3, 0.4) is 0 Å². The maximum Gasteiger partial charge on any atom is 0.191 e. The van der Waals surface area contributed by atoms with Gasteiger partial charge in [0.1, 0.15) is 12.4 Å². The van der Waals surface area contributed by atoms with Crippen molar-refractivity contribution >= 4 is 35.0 Å². The minimum atomic E-state index is -0.690. The van der Waals surface area contributed by atoms with Crippen molar-refractivity contribution in [1.29, 1.82) is 0 Å². The van der Waals surface area contributed by atoms with Crippen LogP contribution in [-0.2, 0) is 6.54 Å². The lowest BCUT2D eigenvalue weighted by atomic mass is 10.1. The number of benzene rings is 2. The highest BCUT2D eigenvalue weighted by atomic mass is 35.5. The number of hydrogen-bond acceptors (Lipinski definition) is 5. The zero-order valence-corrected chi connectivity index (χ0v) is 17.9. The van der Waals surface area contributed by atoms with Crippen LogP contribution in [0.25, 0.3) is 11.4 Å². The van der Waals surface area contributed by atoms with E-state index < -0.39 is 6.10 Å². The molecule has 3 rings (SSSR count). The zero-order chi connectivity index (χ0) is 20.1. The monoisotopic (exact) mass is 437 g/mol. The normalized spacial score (nSPS) is 12.2. The number of halogens is 2. The molecule has 1 N–H and O–H groups in total. The Balaban J connectivity index is 1.62. The molecule has 0 aliphatic rings. The molecule has 28 heavy (non-hydrogen) atoms. The van der Waals surface area contributed by atoms with E-state index in [4.69, 9.17) is 27.9 Å². The van der Waals surface area contributed by atoms with Crippen molar-refractivity contribution in [3.63, 3.8) is 0 Å². The van der Waals surface area contributed by atoms with Gasteiger partial charge in [-0.25, -0.2) is 0 Å². The van der Waals surface area contributed by atoms with Crippen LogP contribution in [0, 0.1) is 6.92 Å². The van der Waals surface area contributed by atoms with Crippen LogP contribution >= 0.6 is 35.0 Å². The Labute approximate surface area is 178 Å². The summed E-state index contributed by atoms with van der Waals surface area (Å²) in [5, 5.41) is 20.7. The van der Waals surface area contributed by atoms with E-state index in [9.17, 15) is 5.11 Å². The smallest absolute Gasteiger partial charge is 0.191 e.